The van der Waals surface area contributed by atoms with Crippen molar-refractivity contribution in [1.29, 1.82) is 0 Å². The third-order valence-electron chi connectivity index (χ3n) is 11.0. The lowest BCUT2D eigenvalue weighted by Crippen LogP contribution is -2.14. The van der Waals surface area contributed by atoms with Crippen molar-refractivity contribution in [2.24, 2.45) is 0 Å². The van der Waals surface area contributed by atoms with Gasteiger partial charge in [0.15, 0.2) is 5.78 Å². The van der Waals surface area contributed by atoms with Crippen molar-refractivity contribution in [1.82, 2.24) is 0 Å². The Kier molecular flexibility index (Phi) is 8.85. The summed E-state index contributed by atoms with van der Waals surface area (Å²) in [6.45, 7) is 0. The van der Waals surface area contributed by atoms with E-state index in [2.05, 4.69) is 0 Å². The zero-order chi connectivity index (χ0) is 27.5. The number of hydrogen-bond donors (Lipinski definition) is 2. The average molecular weight is 543 g/mol. The van der Waals surface area contributed by atoms with Crippen molar-refractivity contribution in [3.8, 4) is 11.5 Å². The van der Waals surface area contributed by atoms with Crippen LogP contribution in [0.3, 0.4) is 0 Å². The molecule has 0 heterocycles. The maximum absolute atomic E-state index is 14.4. The highest BCUT2D eigenvalue weighted by Gasteiger charge is 2.30. The lowest BCUT2D eigenvalue weighted by atomic mass is 9.76. The molecule has 0 atom stereocenters. The third-order valence-corrected chi connectivity index (χ3v) is 11.0. The molecule has 216 valence electrons. The lowest BCUT2D eigenvalue weighted by molar-refractivity contribution is 0.103. The Morgan fingerprint density at radius 1 is 0.425 bits per heavy atom. The van der Waals surface area contributed by atoms with Gasteiger partial charge in [-0.05, 0) is 122 Å². The Balaban J connectivity index is 1.43. The third kappa shape index (κ3) is 5.86. The van der Waals surface area contributed by atoms with Crippen LogP contribution < -0.4 is 0 Å². The van der Waals surface area contributed by atoms with E-state index in [9.17, 15) is 15.0 Å². The van der Waals surface area contributed by atoms with Gasteiger partial charge >= 0.3 is 0 Å². The molecule has 0 bridgehead atoms. The number of rotatable bonds is 6. The van der Waals surface area contributed by atoms with E-state index in [1.165, 1.54) is 77.0 Å². The van der Waals surface area contributed by atoms with Gasteiger partial charge in [0.05, 0.1) is 0 Å². The molecule has 4 fully saturated rings. The molecule has 6 rings (SSSR count). The van der Waals surface area contributed by atoms with Crippen LogP contribution in [0.5, 0.6) is 11.5 Å². The molecule has 2 aromatic carbocycles. The second kappa shape index (κ2) is 12.7. The first-order valence-electron chi connectivity index (χ1n) is 16.9. The molecule has 0 saturated heterocycles. The lowest BCUT2D eigenvalue weighted by Gasteiger charge is -2.29. The molecule has 0 spiro atoms. The number of carbonyl (C=O) groups excluding carboxylic acids is 1. The molecule has 0 unspecified atom stereocenters. The molecule has 4 saturated carbocycles. The summed E-state index contributed by atoms with van der Waals surface area (Å²) in [4.78, 5) is 14.4. The van der Waals surface area contributed by atoms with E-state index in [0.717, 1.165) is 84.7 Å². The Hall–Kier alpha value is -2.29. The van der Waals surface area contributed by atoms with Crippen LogP contribution in [0.25, 0.3) is 0 Å². The normalized spacial score (nSPS) is 22.4. The van der Waals surface area contributed by atoms with Gasteiger partial charge in [-0.25, -0.2) is 0 Å². The standard InChI is InChI=1S/C37H50O3/c38-35(29-21-31(25-13-5-1-6-14-25)36(39)32(22-29)26-15-7-2-8-16-26)30-23-33(27-17-9-3-10-18-27)37(40)34(24-30)28-19-11-4-12-20-28/h21-28,39-40H,1-20H2. The molecular formula is C37H50O3. The van der Waals surface area contributed by atoms with E-state index < -0.39 is 0 Å². The van der Waals surface area contributed by atoms with Gasteiger partial charge in [0, 0.05) is 11.1 Å². The van der Waals surface area contributed by atoms with E-state index in [1.54, 1.807) is 0 Å². The first-order chi connectivity index (χ1) is 19.6. The summed E-state index contributed by atoms with van der Waals surface area (Å²) in [5.41, 5.74) is 5.56. The minimum absolute atomic E-state index is 0.0724. The number of phenolic OH excluding ortho intramolecular Hbond substituents is 2. The molecule has 4 aliphatic rings. The van der Waals surface area contributed by atoms with Crippen LogP contribution in [0, 0.1) is 0 Å². The van der Waals surface area contributed by atoms with Crippen LogP contribution in [0.2, 0.25) is 0 Å². The first-order valence-corrected chi connectivity index (χ1v) is 16.9. The fourth-order valence-corrected chi connectivity index (χ4v) is 8.69. The van der Waals surface area contributed by atoms with E-state index in [4.69, 9.17) is 0 Å². The zero-order valence-electron chi connectivity index (χ0n) is 24.6. The second-order valence-corrected chi connectivity index (χ2v) is 13.7. The molecule has 0 amide bonds. The summed E-state index contributed by atoms with van der Waals surface area (Å²) in [5, 5.41) is 23.2. The fourth-order valence-electron chi connectivity index (χ4n) is 8.69. The molecule has 3 heteroatoms. The quantitative estimate of drug-likeness (QED) is 0.357. The summed E-state index contributed by atoms with van der Waals surface area (Å²) >= 11 is 0. The molecule has 40 heavy (non-hydrogen) atoms. The number of hydrogen-bond acceptors (Lipinski definition) is 3. The van der Waals surface area contributed by atoms with Crippen LogP contribution in [-0.2, 0) is 0 Å². The van der Waals surface area contributed by atoms with Gasteiger partial charge in [0.2, 0.25) is 0 Å². The zero-order valence-corrected chi connectivity index (χ0v) is 24.6. The SMILES string of the molecule is O=C(c1cc(C2CCCCC2)c(O)c(C2CCCCC2)c1)c1cc(C2CCCCC2)c(O)c(C2CCCCC2)c1. The maximum Gasteiger partial charge on any atom is 0.193 e. The minimum atomic E-state index is 0.0724. The predicted octanol–water partition coefficient (Wildman–Crippen LogP) is 10.5. The fraction of sp³-hybridized carbons (Fsp3) is 0.649. The number of phenols is 2. The van der Waals surface area contributed by atoms with Crippen molar-refractivity contribution in [3.63, 3.8) is 0 Å². The van der Waals surface area contributed by atoms with Crippen LogP contribution in [-0.4, -0.2) is 16.0 Å². The van der Waals surface area contributed by atoms with Crippen LogP contribution in [0.4, 0.5) is 0 Å². The highest BCUT2D eigenvalue weighted by atomic mass is 16.3. The summed E-state index contributed by atoms with van der Waals surface area (Å²) in [7, 11) is 0. The van der Waals surface area contributed by atoms with Gasteiger partial charge in [-0.15, -0.1) is 0 Å². The van der Waals surface area contributed by atoms with Crippen molar-refractivity contribution >= 4 is 5.78 Å². The van der Waals surface area contributed by atoms with Gasteiger partial charge < -0.3 is 10.2 Å². The largest absolute Gasteiger partial charge is 0.507 e. The van der Waals surface area contributed by atoms with E-state index >= 15 is 0 Å². The smallest absolute Gasteiger partial charge is 0.193 e. The molecule has 2 aromatic rings. The molecule has 4 aliphatic carbocycles. The molecular weight excluding hydrogens is 492 g/mol. The van der Waals surface area contributed by atoms with Gasteiger partial charge in [0.1, 0.15) is 11.5 Å². The van der Waals surface area contributed by atoms with Crippen LogP contribution >= 0.6 is 0 Å². The van der Waals surface area contributed by atoms with Gasteiger partial charge in [0.25, 0.3) is 0 Å². The van der Waals surface area contributed by atoms with Gasteiger partial charge in [-0.1, -0.05) is 77.0 Å². The van der Waals surface area contributed by atoms with Gasteiger partial charge in [-0.3, -0.25) is 4.79 Å². The van der Waals surface area contributed by atoms with E-state index in [-0.39, 0.29) is 5.78 Å². The first kappa shape index (κ1) is 27.9. The number of ketones is 1. The van der Waals surface area contributed by atoms with E-state index in [1.807, 2.05) is 24.3 Å². The van der Waals surface area contributed by atoms with Crippen LogP contribution in [0.15, 0.2) is 24.3 Å². The predicted molar refractivity (Wildman–Crippen MR) is 163 cm³/mol. The minimum Gasteiger partial charge on any atom is -0.507 e. The molecule has 0 radical (unpaired) electrons. The Morgan fingerprint density at radius 3 is 0.875 bits per heavy atom. The highest BCUT2D eigenvalue weighted by Crippen LogP contribution is 2.47. The van der Waals surface area contributed by atoms with Crippen molar-refractivity contribution in [3.05, 3.63) is 57.6 Å². The van der Waals surface area contributed by atoms with Crippen molar-refractivity contribution in [2.45, 2.75) is 152 Å². The van der Waals surface area contributed by atoms with E-state index in [0.29, 0.717) is 35.2 Å². The average Bonchev–Trinajstić information content (AvgIpc) is 3.02. The maximum atomic E-state index is 14.4. The van der Waals surface area contributed by atoms with Crippen molar-refractivity contribution < 1.29 is 15.0 Å². The van der Waals surface area contributed by atoms with Gasteiger partial charge in [-0.2, -0.15) is 0 Å². The Morgan fingerprint density at radius 2 is 0.650 bits per heavy atom. The number of carbonyl (C=O) groups is 1. The van der Waals surface area contributed by atoms with Crippen LogP contribution in [0.1, 0.15) is 190 Å². The number of benzene rings is 2. The number of aromatic hydroxyl groups is 2. The summed E-state index contributed by atoms with van der Waals surface area (Å²) in [6, 6.07) is 8.20. The topological polar surface area (TPSA) is 57.5 Å². The highest BCUT2D eigenvalue weighted by molar-refractivity contribution is 6.09. The summed E-state index contributed by atoms with van der Waals surface area (Å²) in [6.07, 6.45) is 23.5. The molecule has 3 nitrogen and oxygen atoms in total. The molecule has 2 N–H and O–H groups in total. The summed E-state index contributed by atoms with van der Waals surface area (Å²) < 4.78 is 0. The van der Waals surface area contributed by atoms with Crippen molar-refractivity contribution in [2.75, 3.05) is 0 Å². The monoisotopic (exact) mass is 542 g/mol. The Labute approximate surface area is 241 Å². The molecule has 0 aromatic heterocycles. The second-order valence-electron chi connectivity index (χ2n) is 13.7. The summed E-state index contributed by atoms with van der Waals surface area (Å²) in [5.74, 6) is 2.42. The molecule has 0 aliphatic heterocycles. The Bertz CT molecular complexity index is 1000.